The van der Waals surface area contributed by atoms with E-state index in [9.17, 15) is 4.79 Å². The molecule has 6 nitrogen and oxygen atoms in total. The number of nitrogens with one attached hydrogen (secondary N) is 2. The Hall–Kier alpha value is -1.94. The van der Waals surface area contributed by atoms with Crippen LogP contribution in [0.2, 0.25) is 0 Å². The van der Waals surface area contributed by atoms with Crippen molar-refractivity contribution in [3.63, 3.8) is 0 Å². The van der Waals surface area contributed by atoms with Crippen LogP contribution in [-0.2, 0) is 21.4 Å². The number of rotatable bonds is 10. The first kappa shape index (κ1) is 22.3. The standard InChI is InChI=1S/C22H26N4O2S3/c27-19(24-16-22(9-12-28-13-10-22)17-5-2-1-3-6-17)15-30-21-26-25-20(31-21)23-11-8-18-7-4-14-29-18/h1-7,14H,8-13,15-16H2,(H,23,25)(H,24,27). The Labute approximate surface area is 194 Å². The minimum absolute atomic E-state index is 0.0224. The zero-order valence-electron chi connectivity index (χ0n) is 17.2. The predicted molar refractivity (Wildman–Crippen MR) is 128 cm³/mol. The molecule has 4 rings (SSSR count). The summed E-state index contributed by atoms with van der Waals surface area (Å²) in [7, 11) is 0. The lowest BCUT2D eigenvalue weighted by molar-refractivity contribution is -0.119. The number of benzene rings is 1. The Morgan fingerprint density at radius 3 is 2.74 bits per heavy atom. The number of thioether (sulfide) groups is 1. The molecule has 9 heteroatoms. The van der Waals surface area contributed by atoms with Gasteiger partial charge in [0.15, 0.2) is 4.34 Å². The van der Waals surface area contributed by atoms with Gasteiger partial charge in [0.25, 0.3) is 0 Å². The number of carbonyl (C=O) groups is 1. The SMILES string of the molecule is O=C(CSc1nnc(NCCc2cccs2)s1)NCC1(c2ccccc2)CCOCC1. The van der Waals surface area contributed by atoms with Gasteiger partial charge in [0, 0.05) is 36.6 Å². The summed E-state index contributed by atoms with van der Waals surface area (Å²) < 4.78 is 6.38. The molecule has 1 aliphatic heterocycles. The highest BCUT2D eigenvalue weighted by Gasteiger charge is 2.34. The normalized spacial score (nSPS) is 15.5. The highest BCUT2D eigenvalue weighted by Crippen LogP contribution is 2.34. The molecular formula is C22H26N4O2S3. The lowest BCUT2D eigenvalue weighted by Gasteiger charge is -2.38. The number of anilines is 1. The molecule has 2 N–H and O–H groups in total. The number of nitrogens with zero attached hydrogens (tertiary/aromatic N) is 2. The van der Waals surface area contributed by atoms with Gasteiger partial charge < -0.3 is 15.4 Å². The van der Waals surface area contributed by atoms with Crippen LogP contribution in [0, 0.1) is 0 Å². The van der Waals surface area contributed by atoms with Crippen LogP contribution in [0.25, 0.3) is 0 Å². The zero-order chi connectivity index (χ0) is 21.4. The molecule has 1 saturated heterocycles. The fraction of sp³-hybridized carbons (Fsp3) is 0.409. The Bertz CT molecular complexity index is 941. The van der Waals surface area contributed by atoms with E-state index < -0.39 is 0 Å². The molecule has 0 unspecified atom stereocenters. The molecule has 0 saturated carbocycles. The van der Waals surface area contributed by atoms with Gasteiger partial charge in [-0.3, -0.25) is 4.79 Å². The molecule has 1 amide bonds. The smallest absolute Gasteiger partial charge is 0.230 e. The molecule has 0 radical (unpaired) electrons. The third kappa shape index (κ3) is 6.29. The third-order valence-electron chi connectivity index (χ3n) is 5.42. The first-order valence-corrected chi connectivity index (χ1v) is 13.0. The molecule has 0 bridgehead atoms. The largest absolute Gasteiger partial charge is 0.381 e. The molecule has 1 fully saturated rings. The number of amides is 1. The predicted octanol–water partition coefficient (Wildman–Crippen LogP) is 4.21. The molecule has 0 aliphatic carbocycles. The van der Waals surface area contributed by atoms with Gasteiger partial charge in [-0.25, -0.2) is 0 Å². The van der Waals surface area contributed by atoms with E-state index in [2.05, 4.69) is 62.6 Å². The minimum Gasteiger partial charge on any atom is -0.381 e. The summed E-state index contributed by atoms with van der Waals surface area (Å²) in [6.07, 6.45) is 2.80. The van der Waals surface area contributed by atoms with Crippen molar-refractivity contribution in [2.75, 3.05) is 37.4 Å². The van der Waals surface area contributed by atoms with Crippen molar-refractivity contribution in [3.05, 3.63) is 58.3 Å². The molecule has 3 aromatic rings. The summed E-state index contributed by atoms with van der Waals surface area (Å²) in [5.74, 6) is 0.361. The van der Waals surface area contributed by atoms with Crippen LogP contribution in [0.1, 0.15) is 23.3 Å². The van der Waals surface area contributed by atoms with Crippen LogP contribution in [0.4, 0.5) is 5.13 Å². The van der Waals surface area contributed by atoms with Gasteiger partial charge in [-0.2, -0.15) is 0 Å². The Kier molecular flexibility index (Phi) is 7.96. The van der Waals surface area contributed by atoms with E-state index >= 15 is 0 Å². The van der Waals surface area contributed by atoms with Crippen LogP contribution in [0.5, 0.6) is 0 Å². The molecule has 0 spiro atoms. The number of aromatic nitrogens is 2. The first-order chi connectivity index (χ1) is 15.2. The number of carbonyl (C=O) groups excluding carboxylic acids is 1. The van der Waals surface area contributed by atoms with E-state index in [1.54, 1.807) is 11.3 Å². The quantitative estimate of drug-likeness (QED) is 0.429. The number of thiophene rings is 1. The fourth-order valence-corrected chi connectivity index (χ4v) is 5.97. The second-order valence-corrected chi connectivity index (χ2v) is 10.7. The minimum atomic E-state index is -0.0533. The van der Waals surface area contributed by atoms with Crippen LogP contribution >= 0.6 is 34.4 Å². The van der Waals surface area contributed by atoms with Crippen molar-refractivity contribution in [1.29, 1.82) is 0 Å². The number of hydrogen-bond donors (Lipinski definition) is 2. The zero-order valence-corrected chi connectivity index (χ0v) is 19.7. The third-order valence-corrected chi connectivity index (χ3v) is 8.37. The van der Waals surface area contributed by atoms with Gasteiger partial charge in [-0.1, -0.05) is 59.5 Å². The van der Waals surface area contributed by atoms with E-state index in [-0.39, 0.29) is 11.3 Å². The maximum Gasteiger partial charge on any atom is 0.230 e. The van der Waals surface area contributed by atoms with Gasteiger partial charge >= 0.3 is 0 Å². The molecule has 1 aliphatic rings. The maximum absolute atomic E-state index is 12.5. The Morgan fingerprint density at radius 1 is 1.13 bits per heavy atom. The highest BCUT2D eigenvalue weighted by molar-refractivity contribution is 8.01. The Balaban J connectivity index is 1.23. The van der Waals surface area contributed by atoms with Gasteiger partial charge in [-0.15, -0.1) is 21.5 Å². The van der Waals surface area contributed by atoms with Gasteiger partial charge in [-0.05, 0) is 36.3 Å². The summed E-state index contributed by atoms with van der Waals surface area (Å²) in [5, 5.41) is 17.7. The lowest BCUT2D eigenvalue weighted by Crippen LogP contribution is -2.45. The van der Waals surface area contributed by atoms with Crippen LogP contribution in [-0.4, -0.2) is 48.2 Å². The van der Waals surface area contributed by atoms with Crippen molar-refractivity contribution >= 4 is 45.5 Å². The highest BCUT2D eigenvalue weighted by atomic mass is 32.2. The van der Waals surface area contributed by atoms with E-state index in [0.29, 0.717) is 12.3 Å². The van der Waals surface area contributed by atoms with Crippen molar-refractivity contribution in [1.82, 2.24) is 15.5 Å². The summed E-state index contributed by atoms with van der Waals surface area (Å²) in [4.78, 5) is 13.9. The lowest BCUT2D eigenvalue weighted by atomic mass is 9.74. The second-order valence-electron chi connectivity index (χ2n) is 7.45. The van der Waals surface area contributed by atoms with E-state index in [4.69, 9.17) is 4.74 Å². The average molecular weight is 475 g/mol. The van der Waals surface area contributed by atoms with Crippen LogP contribution < -0.4 is 10.6 Å². The van der Waals surface area contributed by atoms with Crippen molar-refractivity contribution < 1.29 is 9.53 Å². The summed E-state index contributed by atoms with van der Waals surface area (Å²) in [6, 6.07) is 14.7. The second kappa shape index (κ2) is 11.1. The fourth-order valence-electron chi connectivity index (χ4n) is 3.65. The molecule has 0 atom stereocenters. The van der Waals surface area contributed by atoms with Crippen LogP contribution in [0.3, 0.4) is 0 Å². The number of ether oxygens (including phenoxy) is 1. The van der Waals surface area contributed by atoms with Crippen molar-refractivity contribution in [2.45, 2.75) is 29.0 Å². The average Bonchev–Trinajstić information content (AvgIpc) is 3.50. The van der Waals surface area contributed by atoms with Gasteiger partial charge in [0.1, 0.15) is 0 Å². The monoisotopic (exact) mass is 474 g/mol. The van der Waals surface area contributed by atoms with Gasteiger partial charge in [0.2, 0.25) is 11.0 Å². The molecule has 31 heavy (non-hydrogen) atoms. The maximum atomic E-state index is 12.5. The number of hydrogen-bond acceptors (Lipinski definition) is 8. The van der Waals surface area contributed by atoms with Gasteiger partial charge in [0.05, 0.1) is 5.75 Å². The van der Waals surface area contributed by atoms with Crippen molar-refractivity contribution in [2.24, 2.45) is 0 Å². The van der Waals surface area contributed by atoms with E-state index in [0.717, 1.165) is 48.5 Å². The summed E-state index contributed by atoms with van der Waals surface area (Å²) in [5.41, 5.74) is 1.22. The Morgan fingerprint density at radius 2 is 1.97 bits per heavy atom. The molecule has 2 aromatic heterocycles. The first-order valence-electron chi connectivity index (χ1n) is 10.4. The summed E-state index contributed by atoms with van der Waals surface area (Å²) >= 11 is 4.68. The summed E-state index contributed by atoms with van der Waals surface area (Å²) in [6.45, 7) is 2.91. The van der Waals surface area contributed by atoms with E-state index in [1.807, 2.05) is 6.07 Å². The van der Waals surface area contributed by atoms with E-state index in [1.165, 1.54) is 33.5 Å². The topological polar surface area (TPSA) is 76.1 Å². The molecular weight excluding hydrogens is 448 g/mol. The van der Waals surface area contributed by atoms with Crippen LogP contribution in [0.15, 0.2) is 52.2 Å². The molecule has 1 aromatic carbocycles. The molecule has 164 valence electrons. The van der Waals surface area contributed by atoms with Crippen molar-refractivity contribution in [3.8, 4) is 0 Å². The molecule has 3 heterocycles.